The van der Waals surface area contributed by atoms with Crippen molar-refractivity contribution in [2.45, 2.75) is 42.7 Å². The van der Waals surface area contributed by atoms with Gasteiger partial charge in [-0.15, -0.1) is 11.8 Å². The van der Waals surface area contributed by atoms with E-state index in [-0.39, 0.29) is 12.1 Å². The summed E-state index contributed by atoms with van der Waals surface area (Å²) >= 11 is 1.76. The molecule has 0 amide bonds. The van der Waals surface area contributed by atoms with Crippen molar-refractivity contribution in [2.24, 2.45) is 20.7 Å². The van der Waals surface area contributed by atoms with Crippen molar-refractivity contribution in [1.82, 2.24) is 24.6 Å². The molecule has 4 aromatic rings. The van der Waals surface area contributed by atoms with Crippen molar-refractivity contribution >= 4 is 23.1 Å². The lowest BCUT2D eigenvalue weighted by Gasteiger charge is -2.32. The van der Waals surface area contributed by atoms with Crippen LogP contribution in [0.4, 0.5) is 11.4 Å². The Morgan fingerprint density at radius 1 is 0.536 bits per heavy atom. The lowest BCUT2D eigenvalue weighted by atomic mass is 9.99. The second kappa shape index (κ2) is 18.4. The highest BCUT2D eigenvalue weighted by molar-refractivity contribution is 7.98. The summed E-state index contributed by atoms with van der Waals surface area (Å²) in [6, 6.07) is 31.0. The smallest absolute Gasteiger partial charge is 0.0926 e. The molecule has 56 heavy (non-hydrogen) atoms. The minimum absolute atomic E-state index is 0.249. The van der Waals surface area contributed by atoms with Gasteiger partial charge in [0.25, 0.3) is 0 Å². The van der Waals surface area contributed by atoms with Crippen LogP contribution in [0.3, 0.4) is 0 Å². The summed E-state index contributed by atoms with van der Waals surface area (Å²) in [5.74, 6) is 0. The van der Waals surface area contributed by atoms with Gasteiger partial charge in [-0.2, -0.15) is 10.2 Å². The third-order valence-corrected chi connectivity index (χ3v) is 12.5. The molecule has 2 atom stereocenters. The number of benzene rings is 3. The van der Waals surface area contributed by atoms with Gasteiger partial charge in [0.05, 0.1) is 47.9 Å². The SMILES string of the molecule is CSc1ccc(-c2cc(-c3ccc(N4CC(CCCN5CCN(C)CC5)N=N4)cc3)nc(-c3ccc(N4CC(CCCN5CCN(C)CC5)N=N4)cc3)c2)cc1. The van der Waals surface area contributed by atoms with Crippen molar-refractivity contribution in [2.75, 3.05) is 109 Å². The number of likely N-dealkylation sites (N-methyl/N-ethyl adjacent to an activating group) is 2. The zero-order valence-electron chi connectivity index (χ0n) is 33.4. The molecule has 0 saturated carbocycles. The van der Waals surface area contributed by atoms with E-state index >= 15 is 0 Å². The molecule has 4 aliphatic heterocycles. The Labute approximate surface area is 337 Å². The molecule has 12 heteroatoms. The van der Waals surface area contributed by atoms with Crippen LogP contribution >= 0.6 is 11.8 Å². The van der Waals surface area contributed by atoms with Gasteiger partial charge in [0.1, 0.15) is 0 Å². The monoisotopic (exact) mass is 771 g/mol. The largest absolute Gasteiger partial charge is 0.304 e. The second-order valence-corrected chi connectivity index (χ2v) is 16.8. The molecule has 0 N–H and O–H groups in total. The zero-order chi connectivity index (χ0) is 38.3. The Balaban J connectivity index is 0.919. The molecule has 0 aliphatic carbocycles. The summed E-state index contributed by atoms with van der Waals surface area (Å²) in [6.07, 6.45) is 6.58. The molecule has 8 rings (SSSR count). The first-order chi connectivity index (χ1) is 27.5. The molecule has 4 aliphatic rings. The van der Waals surface area contributed by atoms with E-state index in [9.17, 15) is 0 Å². The van der Waals surface area contributed by atoms with Crippen LogP contribution in [0.15, 0.2) is 110 Å². The number of rotatable bonds is 14. The van der Waals surface area contributed by atoms with Gasteiger partial charge < -0.3 is 19.6 Å². The summed E-state index contributed by atoms with van der Waals surface area (Å²) in [5, 5.41) is 22.5. The van der Waals surface area contributed by atoms with Crippen molar-refractivity contribution in [3.05, 3.63) is 84.9 Å². The van der Waals surface area contributed by atoms with Crippen LogP contribution in [0.5, 0.6) is 0 Å². The van der Waals surface area contributed by atoms with E-state index in [2.05, 4.69) is 146 Å². The topological polar surface area (TPSA) is 81.8 Å². The Bertz CT molecular complexity index is 1800. The van der Waals surface area contributed by atoms with E-state index < -0.39 is 0 Å². The van der Waals surface area contributed by atoms with Crippen LogP contribution in [0.25, 0.3) is 33.6 Å². The van der Waals surface area contributed by atoms with E-state index in [1.54, 1.807) is 11.8 Å². The summed E-state index contributed by atoms with van der Waals surface area (Å²) in [4.78, 5) is 16.5. The van der Waals surface area contributed by atoms with Crippen LogP contribution in [-0.4, -0.2) is 136 Å². The lowest BCUT2D eigenvalue weighted by Crippen LogP contribution is -2.44. The standard InChI is InChI=1S/C44H57N11S/c1-50-22-26-52(27-23-50)20-4-6-38-32-54(48-46-38)40-14-8-35(9-15-40)43-30-37(34-12-18-42(56-3)19-13-34)31-44(45-43)36-10-16-41(17-11-36)55-33-39(47-49-55)7-5-21-53-28-24-51(2)25-29-53/h8-19,30-31,38-39H,4-7,20-29,32-33H2,1-3H3. The number of pyridine rings is 1. The molecule has 0 bridgehead atoms. The molecule has 2 saturated heterocycles. The molecule has 1 aromatic heterocycles. The summed E-state index contributed by atoms with van der Waals surface area (Å²) in [6.45, 7) is 13.3. The average Bonchev–Trinajstić information content (AvgIpc) is 3.93. The Hall–Kier alpha value is -4.20. The third kappa shape index (κ3) is 9.84. The first kappa shape index (κ1) is 38.7. The Kier molecular flexibility index (Phi) is 12.7. The van der Waals surface area contributed by atoms with Gasteiger partial charge >= 0.3 is 0 Å². The van der Waals surface area contributed by atoms with Crippen molar-refractivity contribution in [1.29, 1.82) is 0 Å². The van der Waals surface area contributed by atoms with E-state index in [1.165, 1.54) is 36.6 Å². The van der Waals surface area contributed by atoms with Gasteiger partial charge in [-0.1, -0.05) is 46.8 Å². The number of anilines is 2. The highest BCUT2D eigenvalue weighted by Crippen LogP contribution is 2.34. The van der Waals surface area contributed by atoms with Crippen LogP contribution in [0, 0.1) is 0 Å². The number of hydrogen-bond donors (Lipinski definition) is 0. The Morgan fingerprint density at radius 2 is 0.964 bits per heavy atom. The molecule has 294 valence electrons. The van der Waals surface area contributed by atoms with Gasteiger partial charge in [-0.25, -0.2) is 15.0 Å². The highest BCUT2D eigenvalue weighted by Gasteiger charge is 2.23. The van der Waals surface area contributed by atoms with Crippen molar-refractivity contribution < 1.29 is 0 Å². The van der Waals surface area contributed by atoms with Crippen molar-refractivity contribution in [3.63, 3.8) is 0 Å². The molecular weight excluding hydrogens is 715 g/mol. The predicted molar refractivity (Wildman–Crippen MR) is 231 cm³/mol. The maximum atomic E-state index is 5.24. The van der Waals surface area contributed by atoms with Gasteiger partial charge in [0, 0.05) is 68.4 Å². The van der Waals surface area contributed by atoms with Crippen LogP contribution in [-0.2, 0) is 0 Å². The van der Waals surface area contributed by atoms with E-state index in [0.29, 0.717) is 0 Å². The summed E-state index contributed by atoms with van der Waals surface area (Å²) in [7, 11) is 4.42. The minimum Gasteiger partial charge on any atom is -0.304 e. The number of piperazine rings is 2. The maximum Gasteiger partial charge on any atom is 0.0926 e. The molecule has 0 spiro atoms. The van der Waals surface area contributed by atoms with Crippen LogP contribution in [0.1, 0.15) is 25.7 Å². The van der Waals surface area contributed by atoms with E-state index in [1.807, 2.05) is 10.0 Å². The van der Waals surface area contributed by atoms with Gasteiger partial charge in [-0.3, -0.25) is 0 Å². The van der Waals surface area contributed by atoms with Crippen LogP contribution in [0.2, 0.25) is 0 Å². The van der Waals surface area contributed by atoms with Gasteiger partial charge in [0.15, 0.2) is 0 Å². The van der Waals surface area contributed by atoms with Gasteiger partial charge in [0.2, 0.25) is 0 Å². The molecule has 11 nitrogen and oxygen atoms in total. The van der Waals surface area contributed by atoms with E-state index in [0.717, 1.165) is 117 Å². The molecule has 0 radical (unpaired) electrons. The fourth-order valence-electron chi connectivity index (χ4n) is 8.06. The predicted octanol–water partition coefficient (Wildman–Crippen LogP) is 7.97. The fraction of sp³-hybridized carbons (Fsp3) is 0.477. The third-order valence-electron chi connectivity index (χ3n) is 11.8. The fourth-order valence-corrected chi connectivity index (χ4v) is 8.47. The number of aromatic nitrogens is 1. The average molecular weight is 772 g/mol. The highest BCUT2D eigenvalue weighted by atomic mass is 32.2. The zero-order valence-corrected chi connectivity index (χ0v) is 34.2. The van der Waals surface area contributed by atoms with Gasteiger partial charge in [-0.05, 0) is 119 Å². The van der Waals surface area contributed by atoms with Crippen LogP contribution < -0.4 is 10.0 Å². The number of hydrogen-bond acceptors (Lipinski definition) is 12. The molecule has 3 aromatic carbocycles. The quantitative estimate of drug-likeness (QED) is 0.120. The first-order valence-corrected chi connectivity index (χ1v) is 21.7. The maximum absolute atomic E-state index is 5.24. The normalized spacial score (nSPS) is 21.1. The second-order valence-electron chi connectivity index (χ2n) is 15.9. The summed E-state index contributed by atoms with van der Waals surface area (Å²) in [5.41, 5.74) is 8.49. The number of nitrogens with zero attached hydrogens (tertiary/aromatic N) is 11. The van der Waals surface area contributed by atoms with Crippen molar-refractivity contribution in [3.8, 4) is 33.6 Å². The Morgan fingerprint density at radius 3 is 1.39 bits per heavy atom. The first-order valence-electron chi connectivity index (χ1n) is 20.5. The lowest BCUT2D eigenvalue weighted by molar-refractivity contribution is 0.151. The van der Waals surface area contributed by atoms with E-state index in [4.69, 9.17) is 4.98 Å². The molecule has 2 fully saturated rings. The number of thioether (sulfide) groups is 1. The molecule has 2 unspecified atom stereocenters. The molecule has 5 heterocycles. The minimum atomic E-state index is 0.249. The summed E-state index contributed by atoms with van der Waals surface area (Å²) < 4.78 is 0. The molecular formula is C44H57N11S.